The Bertz CT molecular complexity index is 295. The molecule has 0 heterocycles. The van der Waals surface area contributed by atoms with Crippen LogP contribution in [0.15, 0.2) is 0 Å². The van der Waals surface area contributed by atoms with Crippen molar-refractivity contribution < 1.29 is 14.0 Å². The molecule has 1 unspecified atom stereocenters. The summed E-state index contributed by atoms with van der Waals surface area (Å²) in [7, 11) is 0.453. The van der Waals surface area contributed by atoms with Gasteiger partial charge in [0.1, 0.15) is 0 Å². The van der Waals surface area contributed by atoms with Crippen LogP contribution in [0.1, 0.15) is 117 Å². The molecule has 0 aromatic heterocycles. The van der Waals surface area contributed by atoms with E-state index in [2.05, 4.69) is 6.92 Å². The fourth-order valence-corrected chi connectivity index (χ4v) is 3.49. The van der Waals surface area contributed by atoms with Crippen LogP contribution >= 0.6 is 0 Å². The average Bonchev–Trinajstić information content (AvgIpc) is 2.60. The molecule has 3 nitrogen and oxygen atoms in total. The molecule has 1 atom stereocenters. The summed E-state index contributed by atoms with van der Waals surface area (Å²) in [6.07, 6.45) is 19.5. The van der Waals surface area contributed by atoms with E-state index in [0.29, 0.717) is 10.5 Å². The SMILES string of the molecule is CCCCCCCCCCCCCCCCC(OC(C)C)C(=O)O[SiH3]. The molecule has 0 spiro atoms. The number of hydrogen-bond donors (Lipinski definition) is 0. The predicted octanol–water partition coefficient (Wildman–Crippen LogP) is 5.48. The van der Waals surface area contributed by atoms with Crippen molar-refractivity contribution in [2.24, 2.45) is 0 Å². The van der Waals surface area contributed by atoms with E-state index in [-0.39, 0.29) is 18.2 Å². The van der Waals surface area contributed by atoms with Crippen LogP contribution < -0.4 is 0 Å². The third kappa shape index (κ3) is 16.8. The molecule has 0 aromatic rings. The highest BCUT2D eigenvalue weighted by Crippen LogP contribution is 2.15. The van der Waals surface area contributed by atoms with Crippen molar-refractivity contribution in [1.82, 2.24) is 0 Å². The maximum Gasteiger partial charge on any atom is 0.321 e. The Morgan fingerprint density at radius 1 is 0.760 bits per heavy atom. The van der Waals surface area contributed by atoms with Crippen LogP contribution in [0.4, 0.5) is 0 Å². The molecule has 4 heteroatoms. The third-order valence-electron chi connectivity index (χ3n) is 4.72. The number of rotatable bonds is 18. The molecule has 0 aliphatic heterocycles. The highest BCUT2D eigenvalue weighted by atomic mass is 28.2. The summed E-state index contributed by atoms with van der Waals surface area (Å²) in [6, 6.07) is 0. The van der Waals surface area contributed by atoms with Gasteiger partial charge in [-0.2, -0.15) is 0 Å². The molecule has 0 radical (unpaired) electrons. The molecular formula is C21H44O3Si. The maximum atomic E-state index is 11.7. The molecule has 0 aliphatic carbocycles. The van der Waals surface area contributed by atoms with Gasteiger partial charge in [0.05, 0.1) is 6.10 Å². The minimum Gasteiger partial charge on any atom is -0.527 e. The summed E-state index contributed by atoms with van der Waals surface area (Å²) in [5.41, 5.74) is 0. The smallest absolute Gasteiger partial charge is 0.321 e. The van der Waals surface area contributed by atoms with E-state index in [1.165, 1.54) is 83.5 Å². The third-order valence-corrected chi connectivity index (χ3v) is 5.12. The van der Waals surface area contributed by atoms with Gasteiger partial charge in [0, 0.05) is 0 Å². The summed E-state index contributed by atoms with van der Waals surface area (Å²) in [5.74, 6) is -0.171. The first-order chi connectivity index (χ1) is 12.1. The van der Waals surface area contributed by atoms with Gasteiger partial charge in [-0.1, -0.05) is 96.8 Å². The molecule has 0 saturated heterocycles. The zero-order valence-electron chi connectivity index (χ0n) is 17.5. The van der Waals surface area contributed by atoms with E-state index in [1.54, 1.807) is 0 Å². The molecule has 25 heavy (non-hydrogen) atoms. The minimum absolute atomic E-state index is 0.0809. The molecule has 0 N–H and O–H groups in total. The molecular weight excluding hydrogens is 328 g/mol. The molecule has 0 fully saturated rings. The molecule has 0 saturated carbocycles. The lowest BCUT2D eigenvalue weighted by atomic mass is 10.0. The van der Waals surface area contributed by atoms with Gasteiger partial charge in [-0.25, -0.2) is 0 Å². The Kier molecular flexibility index (Phi) is 18.2. The van der Waals surface area contributed by atoms with E-state index in [4.69, 9.17) is 9.16 Å². The summed E-state index contributed by atoms with van der Waals surface area (Å²) in [6.45, 7) is 6.22. The Labute approximate surface area is 160 Å². The van der Waals surface area contributed by atoms with Gasteiger partial charge in [0.15, 0.2) is 6.10 Å². The van der Waals surface area contributed by atoms with Crippen molar-refractivity contribution in [3.05, 3.63) is 0 Å². The van der Waals surface area contributed by atoms with Crippen LogP contribution in [0.3, 0.4) is 0 Å². The second kappa shape index (κ2) is 18.4. The number of carbonyl (C=O) groups excluding carboxylic acids is 1. The van der Waals surface area contributed by atoms with E-state index in [0.717, 1.165) is 12.8 Å². The zero-order valence-corrected chi connectivity index (χ0v) is 19.5. The lowest BCUT2D eigenvalue weighted by molar-refractivity contribution is -0.150. The maximum absolute atomic E-state index is 11.7. The van der Waals surface area contributed by atoms with E-state index < -0.39 is 0 Å². The minimum atomic E-state index is -0.352. The van der Waals surface area contributed by atoms with Gasteiger partial charge >= 0.3 is 5.97 Å². The number of unbranched alkanes of at least 4 members (excludes halogenated alkanes) is 13. The number of carbonyl (C=O) groups is 1. The standard InChI is InChI=1S/C21H44O3Si/c1-4-5-6-7-8-9-10-11-12-13-14-15-16-17-18-20(21(22)24-25)23-19(2)3/h19-20H,4-18H2,1-3,25H3. The van der Waals surface area contributed by atoms with Gasteiger partial charge in [-0.15, -0.1) is 0 Å². The molecule has 0 amide bonds. The average molecular weight is 373 g/mol. The quantitative estimate of drug-likeness (QED) is 0.236. The van der Waals surface area contributed by atoms with Crippen molar-refractivity contribution in [2.45, 2.75) is 129 Å². The first-order valence-electron chi connectivity index (χ1n) is 10.8. The zero-order chi connectivity index (χ0) is 18.8. The van der Waals surface area contributed by atoms with E-state index in [1.807, 2.05) is 13.8 Å². The highest BCUT2D eigenvalue weighted by molar-refractivity contribution is 6.06. The number of hydrogen-bond acceptors (Lipinski definition) is 3. The Hall–Kier alpha value is -0.353. The Balaban J connectivity index is 3.38. The second-order valence-corrected chi connectivity index (χ2v) is 7.99. The van der Waals surface area contributed by atoms with Crippen LogP contribution in [-0.4, -0.2) is 28.7 Å². The lowest BCUT2D eigenvalue weighted by Gasteiger charge is -2.18. The van der Waals surface area contributed by atoms with Gasteiger partial charge in [0.2, 0.25) is 10.5 Å². The summed E-state index contributed by atoms with van der Waals surface area (Å²) >= 11 is 0. The number of ether oxygens (including phenoxy) is 1. The van der Waals surface area contributed by atoms with Crippen molar-refractivity contribution >= 4 is 16.5 Å². The topological polar surface area (TPSA) is 35.5 Å². The molecule has 150 valence electrons. The van der Waals surface area contributed by atoms with E-state index in [9.17, 15) is 4.79 Å². The monoisotopic (exact) mass is 372 g/mol. The van der Waals surface area contributed by atoms with Crippen molar-refractivity contribution in [3.8, 4) is 0 Å². The van der Waals surface area contributed by atoms with Crippen LogP contribution in [0.5, 0.6) is 0 Å². The van der Waals surface area contributed by atoms with E-state index >= 15 is 0 Å². The first kappa shape index (κ1) is 24.6. The fraction of sp³-hybridized carbons (Fsp3) is 0.952. The molecule has 0 bridgehead atoms. The van der Waals surface area contributed by atoms with Crippen molar-refractivity contribution in [1.29, 1.82) is 0 Å². The highest BCUT2D eigenvalue weighted by Gasteiger charge is 2.19. The second-order valence-electron chi connectivity index (χ2n) is 7.58. The van der Waals surface area contributed by atoms with Crippen LogP contribution in [0.2, 0.25) is 0 Å². The Morgan fingerprint density at radius 2 is 1.16 bits per heavy atom. The lowest BCUT2D eigenvalue weighted by Crippen LogP contribution is -2.28. The van der Waals surface area contributed by atoms with Gasteiger partial charge in [-0.05, 0) is 20.3 Å². The fourth-order valence-electron chi connectivity index (χ4n) is 3.23. The predicted molar refractivity (Wildman–Crippen MR) is 111 cm³/mol. The first-order valence-corrected chi connectivity index (χ1v) is 11.7. The van der Waals surface area contributed by atoms with Crippen LogP contribution in [0.25, 0.3) is 0 Å². The normalized spacial score (nSPS) is 12.6. The van der Waals surface area contributed by atoms with Gasteiger partial charge < -0.3 is 9.16 Å². The summed E-state index contributed by atoms with van der Waals surface area (Å²) in [4.78, 5) is 11.7. The summed E-state index contributed by atoms with van der Waals surface area (Å²) in [5, 5.41) is 0. The van der Waals surface area contributed by atoms with Gasteiger partial charge in [0.25, 0.3) is 0 Å². The van der Waals surface area contributed by atoms with Gasteiger partial charge in [-0.3, -0.25) is 4.79 Å². The Morgan fingerprint density at radius 3 is 1.52 bits per heavy atom. The largest absolute Gasteiger partial charge is 0.527 e. The van der Waals surface area contributed by atoms with Crippen LogP contribution in [0, 0.1) is 0 Å². The van der Waals surface area contributed by atoms with Crippen molar-refractivity contribution in [2.75, 3.05) is 0 Å². The molecule has 0 rings (SSSR count). The summed E-state index contributed by atoms with van der Waals surface area (Å²) < 4.78 is 10.6. The molecule has 0 aromatic carbocycles. The molecule has 0 aliphatic rings. The van der Waals surface area contributed by atoms with Crippen LogP contribution in [-0.2, 0) is 14.0 Å². The van der Waals surface area contributed by atoms with Crippen molar-refractivity contribution in [3.63, 3.8) is 0 Å².